The summed E-state index contributed by atoms with van der Waals surface area (Å²) < 4.78 is 0. The van der Waals surface area contributed by atoms with Crippen LogP contribution in [-0.2, 0) is 0 Å². The van der Waals surface area contributed by atoms with Crippen LogP contribution in [0.15, 0.2) is 41.4 Å². The van der Waals surface area contributed by atoms with Crippen LogP contribution in [0.25, 0.3) is 0 Å². The van der Waals surface area contributed by atoms with Gasteiger partial charge in [0.2, 0.25) is 0 Å². The van der Waals surface area contributed by atoms with Gasteiger partial charge >= 0.3 is 0 Å². The zero-order chi connectivity index (χ0) is 43.3. The molecule has 59 heavy (non-hydrogen) atoms. The van der Waals surface area contributed by atoms with Crippen LogP contribution < -0.4 is 17.2 Å². The molecule has 0 rings (SSSR count). The molecule has 0 aliphatic carbocycles. The van der Waals surface area contributed by atoms with Crippen molar-refractivity contribution in [3.63, 3.8) is 0 Å². The Balaban J connectivity index is 4.60. The lowest BCUT2D eigenvalue weighted by Crippen LogP contribution is -2.37. The van der Waals surface area contributed by atoms with E-state index in [-0.39, 0.29) is 18.3 Å². The maximum absolute atomic E-state index is 10.8. The van der Waals surface area contributed by atoms with Gasteiger partial charge in [-0.1, -0.05) is 166 Å². The number of unbranched alkanes of at least 4 members (excludes halogenated alkanes) is 25. The van der Waals surface area contributed by atoms with Crippen molar-refractivity contribution in [1.29, 1.82) is 5.41 Å². The Kier molecular flexibility index (Phi) is 43.6. The van der Waals surface area contributed by atoms with Gasteiger partial charge in [-0.2, -0.15) is 0 Å². The highest BCUT2D eigenvalue weighted by molar-refractivity contribution is 5.78. The molecule has 0 aromatic heterocycles. The fourth-order valence-corrected chi connectivity index (χ4v) is 7.67. The zero-order valence-corrected chi connectivity index (χ0v) is 39.0. The molecule has 2 unspecified atom stereocenters. The SMILES string of the molecule is CCCCCCCCC=CCCCCCCCCN(CCCCN(CCCCCCCCC=CCCCCCCCC)CC(O)CN=C(N)N)CC(O)C=CCC(=N)N. The number of guanidine groups is 1. The highest BCUT2D eigenvalue weighted by Crippen LogP contribution is 2.13. The van der Waals surface area contributed by atoms with Crippen molar-refractivity contribution in [2.24, 2.45) is 22.2 Å². The highest BCUT2D eigenvalue weighted by atomic mass is 16.3. The largest absolute Gasteiger partial charge is 0.390 e. The number of hydrogen-bond acceptors (Lipinski definition) is 6. The molecule has 0 aliphatic rings. The minimum absolute atomic E-state index is 0.0177. The number of aliphatic imine (C=N–C) groups is 1. The van der Waals surface area contributed by atoms with E-state index in [0.29, 0.717) is 19.5 Å². The van der Waals surface area contributed by atoms with Crippen LogP contribution in [0.5, 0.6) is 0 Å². The molecule has 0 bridgehead atoms. The van der Waals surface area contributed by atoms with Gasteiger partial charge in [-0.15, -0.1) is 0 Å². The predicted octanol–water partition coefficient (Wildman–Crippen LogP) is 11.3. The van der Waals surface area contributed by atoms with Crippen molar-refractivity contribution < 1.29 is 10.2 Å². The van der Waals surface area contributed by atoms with Gasteiger partial charge in [0.05, 0.1) is 24.6 Å². The van der Waals surface area contributed by atoms with Gasteiger partial charge in [0.25, 0.3) is 0 Å². The van der Waals surface area contributed by atoms with E-state index in [1.54, 1.807) is 12.2 Å². The molecule has 0 aromatic carbocycles. The Hall–Kier alpha value is -2.20. The first-order valence-electron chi connectivity index (χ1n) is 24.9. The molecule has 9 heteroatoms. The van der Waals surface area contributed by atoms with Crippen LogP contribution in [0, 0.1) is 5.41 Å². The van der Waals surface area contributed by atoms with E-state index in [2.05, 4.69) is 52.9 Å². The third-order valence-corrected chi connectivity index (χ3v) is 11.3. The summed E-state index contributed by atoms with van der Waals surface area (Å²) in [6.45, 7) is 9.75. The Morgan fingerprint density at radius 1 is 0.492 bits per heavy atom. The number of rotatable bonds is 46. The van der Waals surface area contributed by atoms with Crippen molar-refractivity contribution >= 4 is 11.8 Å². The van der Waals surface area contributed by atoms with E-state index >= 15 is 0 Å². The number of nitrogens with two attached hydrogens (primary N) is 3. The first kappa shape index (κ1) is 56.8. The van der Waals surface area contributed by atoms with Gasteiger partial charge in [0, 0.05) is 19.5 Å². The summed E-state index contributed by atoms with van der Waals surface area (Å²) in [5.74, 6) is 0.129. The van der Waals surface area contributed by atoms with Gasteiger partial charge in [0.15, 0.2) is 5.96 Å². The Morgan fingerprint density at radius 3 is 1.20 bits per heavy atom. The van der Waals surface area contributed by atoms with Crippen LogP contribution in [-0.4, -0.2) is 89.8 Å². The van der Waals surface area contributed by atoms with E-state index in [0.717, 1.165) is 51.9 Å². The van der Waals surface area contributed by atoms with Crippen molar-refractivity contribution in [3.05, 3.63) is 36.5 Å². The minimum atomic E-state index is -0.592. The molecular formula is C50H99N7O2. The standard InChI is InChI=1S/C50H99N7O2/c1-3-5-7-9-11-13-15-17-19-21-23-25-27-29-31-33-40-56(45-47(58)38-37-39-49(51)52)42-35-36-43-57(46-48(59)44-55-50(53)54)41-34-32-30-28-26-24-22-20-18-16-14-12-10-8-6-4-2/h17-20,37-38,47-48,58-59H,3-16,21-36,39-46H2,1-2H3,(H3,51,52)(H4,53,54,55). The lowest BCUT2D eigenvalue weighted by atomic mass is 10.1. The second kappa shape index (κ2) is 45.3. The molecule has 0 fully saturated rings. The molecule has 0 spiro atoms. The maximum Gasteiger partial charge on any atom is 0.185 e. The average Bonchev–Trinajstić information content (AvgIpc) is 3.20. The summed E-state index contributed by atoms with van der Waals surface area (Å²) in [6, 6.07) is 0. The second-order valence-electron chi connectivity index (χ2n) is 17.3. The summed E-state index contributed by atoms with van der Waals surface area (Å²) in [5.41, 5.74) is 16.6. The van der Waals surface area contributed by atoms with E-state index in [4.69, 9.17) is 22.6 Å². The molecule has 0 saturated carbocycles. The molecular weight excluding hydrogens is 731 g/mol. The summed E-state index contributed by atoms with van der Waals surface area (Å²) in [6.07, 6.45) is 50.8. The Bertz CT molecular complexity index is 1010. The predicted molar refractivity (Wildman–Crippen MR) is 259 cm³/mol. The molecule has 0 amide bonds. The summed E-state index contributed by atoms with van der Waals surface area (Å²) in [5, 5.41) is 28.9. The van der Waals surface area contributed by atoms with Gasteiger partial charge < -0.3 is 37.2 Å². The molecule has 346 valence electrons. The normalized spacial score (nSPS) is 13.2. The van der Waals surface area contributed by atoms with Gasteiger partial charge in [-0.3, -0.25) is 10.4 Å². The average molecular weight is 830 g/mol. The zero-order valence-electron chi connectivity index (χ0n) is 39.0. The quantitative estimate of drug-likeness (QED) is 0.0154. The fourth-order valence-electron chi connectivity index (χ4n) is 7.67. The minimum Gasteiger partial charge on any atom is -0.390 e. The van der Waals surface area contributed by atoms with E-state index in [1.807, 2.05) is 0 Å². The topological polar surface area (TPSA) is 161 Å². The molecule has 0 radical (unpaired) electrons. The van der Waals surface area contributed by atoms with Crippen molar-refractivity contribution in [2.45, 2.75) is 225 Å². The number of nitrogens with zero attached hydrogens (tertiary/aromatic N) is 3. The maximum atomic E-state index is 10.8. The number of hydrogen-bond donors (Lipinski definition) is 6. The van der Waals surface area contributed by atoms with Crippen LogP contribution in [0.2, 0.25) is 0 Å². The lowest BCUT2D eigenvalue weighted by Gasteiger charge is -2.27. The third-order valence-electron chi connectivity index (χ3n) is 11.3. The van der Waals surface area contributed by atoms with E-state index in [9.17, 15) is 10.2 Å². The fraction of sp³-hybridized carbons (Fsp3) is 0.840. The molecule has 9 nitrogen and oxygen atoms in total. The van der Waals surface area contributed by atoms with Crippen molar-refractivity contribution in [3.8, 4) is 0 Å². The Labute approximate surface area is 365 Å². The van der Waals surface area contributed by atoms with Gasteiger partial charge in [-0.25, -0.2) is 0 Å². The molecule has 2 atom stereocenters. The van der Waals surface area contributed by atoms with Gasteiger partial charge in [-0.05, 0) is 103 Å². The highest BCUT2D eigenvalue weighted by Gasteiger charge is 2.13. The smallest absolute Gasteiger partial charge is 0.185 e. The monoisotopic (exact) mass is 830 g/mol. The van der Waals surface area contributed by atoms with Crippen LogP contribution in [0.3, 0.4) is 0 Å². The summed E-state index contributed by atoms with van der Waals surface area (Å²) in [7, 11) is 0. The molecule has 0 heterocycles. The number of allylic oxidation sites excluding steroid dienone is 4. The molecule has 0 aliphatic heterocycles. The number of amidine groups is 1. The van der Waals surface area contributed by atoms with Crippen LogP contribution in [0.4, 0.5) is 0 Å². The summed E-state index contributed by atoms with van der Waals surface area (Å²) >= 11 is 0. The van der Waals surface area contributed by atoms with Crippen LogP contribution >= 0.6 is 0 Å². The lowest BCUT2D eigenvalue weighted by molar-refractivity contribution is 0.113. The van der Waals surface area contributed by atoms with Crippen LogP contribution in [0.1, 0.15) is 213 Å². The molecule has 9 N–H and O–H groups in total. The van der Waals surface area contributed by atoms with E-state index in [1.165, 1.54) is 167 Å². The number of aliphatic hydroxyl groups is 2. The first-order chi connectivity index (χ1) is 28.8. The first-order valence-corrected chi connectivity index (χ1v) is 24.9. The number of aliphatic hydroxyl groups excluding tert-OH is 2. The molecule has 0 saturated heterocycles. The number of nitrogens with one attached hydrogen (secondary N) is 1. The van der Waals surface area contributed by atoms with Crippen molar-refractivity contribution in [1.82, 2.24) is 9.80 Å². The van der Waals surface area contributed by atoms with E-state index < -0.39 is 12.2 Å². The second-order valence-corrected chi connectivity index (χ2v) is 17.3. The Morgan fingerprint density at radius 2 is 0.831 bits per heavy atom. The van der Waals surface area contributed by atoms with Gasteiger partial charge in [0.1, 0.15) is 0 Å². The van der Waals surface area contributed by atoms with Crippen molar-refractivity contribution in [2.75, 3.05) is 45.8 Å². The molecule has 0 aromatic rings. The summed E-state index contributed by atoms with van der Waals surface area (Å²) in [4.78, 5) is 8.84. The third kappa shape index (κ3) is 45.2.